The summed E-state index contributed by atoms with van der Waals surface area (Å²) in [5, 5.41) is 5.93. The second-order valence-corrected chi connectivity index (χ2v) is 10.1. The Labute approximate surface area is 228 Å². The summed E-state index contributed by atoms with van der Waals surface area (Å²) in [6, 6.07) is 42.2. The van der Waals surface area contributed by atoms with Gasteiger partial charge in [0.2, 0.25) is 0 Å². The highest BCUT2D eigenvalue weighted by Gasteiger charge is 2.21. The van der Waals surface area contributed by atoms with Crippen LogP contribution in [0.1, 0.15) is 0 Å². The van der Waals surface area contributed by atoms with E-state index in [-0.39, 0.29) is 0 Å². The van der Waals surface area contributed by atoms with Crippen LogP contribution in [0.3, 0.4) is 0 Å². The van der Waals surface area contributed by atoms with Crippen molar-refractivity contribution in [3.05, 3.63) is 128 Å². The number of pyridine rings is 3. The van der Waals surface area contributed by atoms with E-state index in [0.29, 0.717) is 0 Å². The molecule has 186 valence electrons. The average molecular weight is 512 g/mol. The van der Waals surface area contributed by atoms with Crippen LogP contribution in [0.2, 0.25) is 0 Å². The summed E-state index contributed by atoms with van der Waals surface area (Å²) in [5.41, 5.74) is 8.14. The molecule has 0 aliphatic heterocycles. The largest absolute Gasteiger partial charge is 0.294 e. The van der Waals surface area contributed by atoms with Gasteiger partial charge in [-0.2, -0.15) is 0 Å². The van der Waals surface area contributed by atoms with E-state index in [1.54, 1.807) is 6.20 Å². The Morgan fingerprint density at radius 1 is 0.450 bits per heavy atom. The summed E-state index contributed by atoms with van der Waals surface area (Å²) in [4.78, 5) is 14.8. The summed E-state index contributed by atoms with van der Waals surface area (Å²) in [6.07, 6.45) is 1.81. The molecule has 5 aromatic heterocycles. The van der Waals surface area contributed by atoms with E-state index >= 15 is 0 Å². The quantitative estimate of drug-likeness (QED) is 0.219. The normalized spacial score (nSPS) is 12.0. The number of nitrogens with zero attached hydrogens (tertiary/aromatic N) is 5. The molecule has 5 heterocycles. The molecule has 4 aromatic carbocycles. The van der Waals surface area contributed by atoms with Crippen molar-refractivity contribution < 1.29 is 0 Å². The van der Waals surface area contributed by atoms with Crippen LogP contribution >= 0.6 is 0 Å². The second kappa shape index (κ2) is 7.98. The Hall–Kier alpha value is -5.55. The molecule has 40 heavy (non-hydrogen) atoms. The van der Waals surface area contributed by atoms with Crippen molar-refractivity contribution >= 4 is 60.2 Å². The first-order chi connectivity index (χ1) is 19.9. The van der Waals surface area contributed by atoms with Crippen molar-refractivity contribution in [3.8, 4) is 17.2 Å². The van der Waals surface area contributed by atoms with Crippen LogP contribution in [0.5, 0.6) is 0 Å². The fourth-order valence-electron chi connectivity index (χ4n) is 6.30. The monoisotopic (exact) mass is 511 g/mol. The molecule has 5 heteroatoms. The van der Waals surface area contributed by atoms with E-state index in [1.807, 2.05) is 24.3 Å². The van der Waals surface area contributed by atoms with Crippen LogP contribution in [0.25, 0.3) is 77.4 Å². The minimum Gasteiger partial charge on any atom is -0.294 e. The van der Waals surface area contributed by atoms with Gasteiger partial charge in [-0.15, -0.1) is 0 Å². The smallest absolute Gasteiger partial charge is 0.147 e. The van der Waals surface area contributed by atoms with Crippen LogP contribution in [0, 0.1) is 0 Å². The first-order valence-corrected chi connectivity index (χ1v) is 13.4. The van der Waals surface area contributed by atoms with Crippen molar-refractivity contribution in [2.75, 3.05) is 0 Å². The van der Waals surface area contributed by atoms with Gasteiger partial charge in [0.1, 0.15) is 11.5 Å². The number of para-hydroxylation sites is 4. The fourth-order valence-corrected chi connectivity index (χ4v) is 6.30. The highest BCUT2D eigenvalue weighted by molar-refractivity contribution is 6.29. The van der Waals surface area contributed by atoms with E-state index < -0.39 is 0 Å². The van der Waals surface area contributed by atoms with Crippen molar-refractivity contribution in [2.45, 2.75) is 0 Å². The number of fused-ring (bicyclic) bond motifs is 12. The molecule has 9 rings (SSSR count). The van der Waals surface area contributed by atoms with Gasteiger partial charge in [0, 0.05) is 27.7 Å². The molecule has 0 spiro atoms. The van der Waals surface area contributed by atoms with Crippen LogP contribution in [-0.4, -0.2) is 23.9 Å². The molecule has 0 saturated heterocycles. The Morgan fingerprint density at radius 3 is 2.08 bits per heavy atom. The van der Waals surface area contributed by atoms with Crippen molar-refractivity contribution in [2.24, 2.45) is 0 Å². The van der Waals surface area contributed by atoms with Crippen molar-refractivity contribution in [3.63, 3.8) is 0 Å². The Kier molecular flexibility index (Phi) is 4.27. The fraction of sp³-hybridized carbons (Fsp3) is 0. The van der Waals surface area contributed by atoms with Gasteiger partial charge >= 0.3 is 0 Å². The molecule has 0 saturated carbocycles. The van der Waals surface area contributed by atoms with Gasteiger partial charge < -0.3 is 0 Å². The molecular weight excluding hydrogens is 490 g/mol. The number of aromatic nitrogens is 5. The Morgan fingerprint density at radius 2 is 1.20 bits per heavy atom. The zero-order chi connectivity index (χ0) is 26.2. The molecule has 9 aromatic rings. The first-order valence-electron chi connectivity index (χ1n) is 13.4. The van der Waals surface area contributed by atoms with Crippen molar-refractivity contribution in [1.29, 1.82) is 0 Å². The SMILES string of the molecule is c1ccc(-c2cccc(-n3c4ccccc4c4c5c(ccc43)c3ccccc3n3c4ccccc4nc53)n2)nc1. The van der Waals surface area contributed by atoms with Gasteiger partial charge in [0.25, 0.3) is 0 Å². The highest BCUT2D eigenvalue weighted by atomic mass is 15.1. The van der Waals surface area contributed by atoms with Gasteiger partial charge in [-0.05, 0) is 60.0 Å². The highest BCUT2D eigenvalue weighted by Crippen LogP contribution is 2.41. The third kappa shape index (κ3) is 2.83. The number of benzene rings is 4. The molecule has 0 atom stereocenters. The maximum Gasteiger partial charge on any atom is 0.147 e. The third-order valence-electron chi connectivity index (χ3n) is 7.95. The summed E-state index contributed by atoms with van der Waals surface area (Å²) >= 11 is 0. The molecule has 0 aliphatic carbocycles. The van der Waals surface area contributed by atoms with E-state index in [9.17, 15) is 0 Å². The third-order valence-corrected chi connectivity index (χ3v) is 7.95. The van der Waals surface area contributed by atoms with Gasteiger partial charge in [-0.1, -0.05) is 66.7 Å². The molecule has 0 radical (unpaired) electrons. The van der Waals surface area contributed by atoms with E-state index in [0.717, 1.165) is 55.8 Å². The van der Waals surface area contributed by atoms with Gasteiger partial charge in [0.15, 0.2) is 0 Å². The van der Waals surface area contributed by atoms with Gasteiger partial charge in [0.05, 0.1) is 39.0 Å². The maximum absolute atomic E-state index is 5.22. The van der Waals surface area contributed by atoms with E-state index in [1.165, 1.54) is 21.5 Å². The summed E-state index contributed by atoms with van der Waals surface area (Å²) in [6.45, 7) is 0. The minimum absolute atomic E-state index is 0.845. The number of hydrogen-bond donors (Lipinski definition) is 0. The predicted octanol–water partition coefficient (Wildman–Crippen LogP) is 8.35. The lowest BCUT2D eigenvalue weighted by Crippen LogP contribution is -1.99. The molecule has 0 N–H and O–H groups in total. The molecular formula is C35H21N5. The number of hydrogen-bond acceptors (Lipinski definition) is 3. The number of rotatable bonds is 2. The van der Waals surface area contributed by atoms with Crippen molar-refractivity contribution in [1.82, 2.24) is 23.9 Å². The first kappa shape index (κ1) is 21.4. The number of imidazole rings is 1. The molecule has 5 nitrogen and oxygen atoms in total. The lowest BCUT2D eigenvalue weighted by atomic mass is 10.0. The van der Waals surface area contributed by atoms with Crippen LogP contribution in [-0.2, 0) is 0 Å². The van der Waals surface area contributed by atoms with Crippen LogP contribution in [0.4, 0.5) is 0 Å². The molecule has 0 bridgehead atoms. The van der Waals surface area contributed by atoms with Gasteiger partial charge in [-0.25, -0.2) is 9.97 Å². The summed E-state index contributed by atoms with van der Waals surface area (Å²) in [5.74, 6) is 0.860. The Balaban J connectivity index is 1.49. The lowest BCUT2D eigenvalue weighted by Gasteiger charge is -2.11. The van der Waals surface area contributed by atoms with Crippen LogP contribution < -0.4 is 0 Å². The summed E-state index contributed by atoms with van der Waals surface area (Å²) in [7, 11) is 0. The molecule has 0 aliphatic rings. The van der Waals surface area contributed by atoms with Crippen LogP contribution in [0.15, 0.2) is 128 Å². The average Bonchev–Trinajstić information content (AvgIpc) is 3.58. The minimum atomic E-state index is 0.845. The lowest BCUT2D eigenvalue weighted by molar-refractivity contribution is 1.08. The topological polar surface area (TPSA) is 48.0 Å². The van der Waals surface area contributed by atoms with E-state index in [4.69, 9.17) is 9.97 Å². The zero-order valence-corrected chi connectivity index (χ0v) is 21.4. The second-order valence-electron chi connectivity index (χ2n) is 10.1. The predicted molar refractivity (Wildman–Crippen MR) is 163 cm³/mol. The molecule has 0 fully saturated rings. The standard InChI is InChI=1S/C35H21N5/c1-4-15-28-22(10-1)23-19-20-31-33(34(23)35-38-27-13-3-6-17-30(27)40(28)35)24-11-2-5-16-29(24)39(31)32-18-9-14-26(37-32)25-12-7-8-21-36-25/h1-21H. The summed E-state index contributed by atoms with van der Waals surface area (Å²) < 4.78 is 4.59. The zero-order valence-electron chi connectivity index (χ0n) is 21.4. The molecule has 0 unspecified atom stereocenters. The van der Waals surface area contributed by atoms with Gasteiger partial charge in [-0.3, -0.25) is 14.0 Å². The van der Waals surface area contributed by atoms with E-state index in [2.05, 4.69) is 111 Å². The Bertz CT molecular complexity index is 2430. The molecule has 0 amide bonds. The maximum atomic E-state index is 5.22.